The minimum atomic E-state index is -4.05. The maximum absolute atomic E-state index is 12.4. The van der Waals surface area contributed by atoms with E-state index in [2.05, 4.69) is 0 Å². The summed E-state index contributed by atoms with van der Waals surface area (Å²) in [5.74, 6) is 0.455. The number of carbonyl (C=O) groups excluding carboxylic acids is 1. The zero-order valence-corrected chi connectivity index (χ0v) is 14.2. The average Bonchev–Trinajstić information content (AvgIpc) is 2.60. The molecule has 2 rings (SSSR count). The fraction of sp³-hybridized carbons (Fsp3) is 0.188. The van der Waals surface area contributed by atoms with Crippen LogP contribution in [-0.2, 0) is 10.0 Å². The first kappa shape index (κ1) is 17.6. The van der Waals surface area contributed by atoms with Gasteiger partial charge in [-0.1, -0.05) is 0 Å². The molecule has 0 aliphatic rings. The number of amides is 1. The van der Waals surface area contributed by atoms with Crippen molar-refractivity contribution in [3.63, 3.8) is 0 Å². The zero-order chi connectivity index (χ0) is 17.7. The fourth-order valence-electron chi connectivity index (χ4n) is 1.97. The molecule has 0 aliphatic carbocycles. The number of rotatable bonds is 6. The van der Waals surface area contributed by atoms with Crippen molar-refractivity contribution in [2.75, 3.05) is 21.3 Å². The third-order valence-electron chi connectivity index (χ3n) is 3.24. The topological polar surface area (TPSA) is 90.9 Å². The van der Waals surface area contributed by atoms with Crippen LogP contribution in [0.5, 0.6) is 17.2 Å². The molecule has 0 bridgehead atoms. The molecule has 0 radical (unpaired) electrons. The lowest BCUT2D eigenvalue weighted by atomic mass is 10.2. The Labute approximate surface area is 140 Å². The number of sulfonamides is 1. The molecular weight excluding hydrogens is 334 g/mol. The second-order valence-corrected chi connectivity index (χ2v) is 6.36. The predicted molar refractivity (Wildman–Crippen MR) is 87.2 cm³/mol. The Morgan fingerprint density at radius 1 is 0.875 bits per heavy atom. The molecule has 24 heavy (non-hydrogen) atoms. The summed E-state index contributed by atoms with van der Waals surface area (Å²) in [5.41, 5.74) is 0.194. The summed E-state index contributed by atoms with van der Waals surface area (Å²) < 4.78 is 41.8. The van der Waals surface area contributed by atoms with Crippen LogP contribution in [0.15, 0.2) is 47.4 Å². The first-order valence-electron chi connectivity index (χ1n) is 6.84. The number of hydrogen-bond donors (Lipinski definition) is 1. The number of benzene rings is 2. The highest BCUT2D eigenvalue weighted by Gasteiger charge is 2.20. The maximum atomic E-state index is 12.4. The smallest absolute Gasteiger partial charge is 0.265 e. The van der Waals surface area contributed by atoms with E-state index in [1.165, 1.54) is 51.7 Å². The van der Waals surface area contributed by atoms with Gasteiger partial charge in [0.2, 0.25) is 0 Å². The second kappa shape index (κ2) is 7.22. The molecule has 2 aromatic rings. The number of methoxy groups -OCH3 is 3. The summed E-state index contributed by atoms with van der Waals surface area (Å²) in [6.45, 7) is 0. The van der Waals surface area contributed by atoms with E-state index in [0.29, 0.717) is 11.5 Å². The van der Waals surface area contributed by atoms with Crippen LogP contribution in [0.3, 0.4) is 0 Å². The van der Waals surface area contributed by atoms with Gasteiger partial charge in [0.25, 0.3) is 15.9 Å². The fourth-order valence-corrected chi connectivity index (χ4v) is 2.96. The minimum Gasteiger partial charge on any atom is -0.497 e. The highest BCUT2D eigenvalue weighted by atomic mass is 32.2. The lowest BCUT2D eigenvalue weighted by Crippen LogP contribution is -2.30. The van der Waals surface area contributed by atoms with Gasteiger partial charge in [-0.05, 0) is 36.4 Å². The Balaban J connectivity index is 2.25. The Morgan fingerprint density at radius 2 is 1.50 bits per heavy atom. The van der Waals surface area contributed by atoms with Crippen LogP contribution in [0.2, 0.25) is 0 Å². The molecule has 0 aliphatic heterocycles. The third kappa shape index (κ3) is 3.77. The molecule has 0 saturated heterocycles. The Hall–Kier alpha value is -2.74. The summed E-state index contributed by atoms with van der Waals surface area (Å²) in [6.07, 6.45) is 0. The number of nitrogens with one attached hydrogen (secondary N) is 1. The molecule has 2 aromatic carbocycles. The highest BCUT2D eigenvalue weighted by molar-refractivity contribution is 7.90. The molecule has 0 spiro atoms. The van der Waals surface area contributed by atoms with E-state index in [9.17, 15) is 13.2 Å². The first-order valence-corrected chi connectivity index (χ1v) is 8.33. The lowest BCUT2D eigenvalue weighted by molar-refractivity contribution is 0.0981. The van der Waals surface area contributed by atoms with Crippen molar-refractivity contribution >= 4 is 15.9 Å². The number of hydrogen-bond acceptors (Lipinski definition) is 6. The Kier molecular flexibility index (Phi) is 5.30. The molecule has 8 heteroatoms. The van der Waals surface area contributed by atoms with Gasteiger partial charge in [0.1, 0.15) is 5.75 Å². The summed E-state index contributed by atoms with van der Waals surface area (Å²) in [7, 11) is 0.284. The molecule has 128 valence electrons. The molecule has 0 atom stereocenters. The Bertz CT molecular complexity index is 830. The molecule has 0 saturated carbocycles. The van der Waals surface area contributed by atoms with E-state index >= 15 is 0 Å². The molecule has 0 heterocycles. The molecule has 1 N–H and O–H groups in total. The van der Waals surface area contributed by atoms with Crippen molar-refractivity contribution in [2.45, 2.75) is 4.90 Å². The average molecular weight is 351 g/mol. The van der Waals surface area contributed by atoms with Crippen molar-refractivity contribution in [1.82, 2.24) is 4.72 Å². The van der Waals surface area contributed by atoms with Crippen molar-refractivity contribution in [3.05, 3.63) is 48.0 Å². The molecule has 0 aromatic heterocycles. The Morgan fingerprint density at radius 3 is 2.04 bits per heavy atom. The van der Waals surface area contributed by atoms with Crippen LogP contribution in [0.25, 0.3) is 0 Å². The summed E-state index contributed by atoms with van der Waals surface area (Å²) >= 11 is 0. The minimum absolute atomic E-state index is 0.109. The molecular formula is C16H17NO6S. The van der Waals surface area contributed by atoms with Crippen LogP contribution >= 0.6 is 0 Å². The summed E-state index contributed by atoms with van der Waals surface area (Å²) in [4.78, 5) is 12.0. The van der Waals surface area contributed by atoms with Gasteiger partial charge in [-0.2, -0.15) is 0 Å². The SMILES string of the molecule is COc1ccc(C(=O)NS(=O)(=O)c2ccc(OC)c(OC)c2)cc1. The highest BCUT2D eigenvalue weighted by Crippen LogP contribution is 2.29. The van der Waals surface area contributed by atoms with Crippen LogP contribution in [0.4, 0.5) is 0 Å². The first-order chi connectivity index (χ1) is 11.4. The van der Waals surface area contributed by atoms with Gasteiger partial charge in [0, 0.05) is 11.6 Å². The van der Waals surface area contributed by atoms with Crippen LogP contribution < -0.4 is 18.9 Å². The summed E-state index contributed by atoms with van der Waals surface area (Å²) in [6, 6.07) is 10.1. The van der Waals surface area contributed by atoms with E-state index in [0.717, 1.165) is 0 Å². The number of ether oxygens (including phenoxy) is 3. The van der Waals surface area contributed by atoms with Crippen LogP contribution in [-0.4, -0.2) is 35.7 Å². The zero-order valence-electron chi connectivity index (χ0n) is 13.4. The number of carbonyl (C=O) groups is 1. The van der Waals surface area contributed by atoms with Crippen molar-refractivity contribution in [2.24, 2.45) is 0 Å². The third-order valence-corrected chi connectivity index (χ3v) is 4.57. The van der Waals surface area contributed by atoms with Crippen molar-refractivity contribution in [3.8, 4) is 17.2 Å². The van der Waals surface area contributed by atoms with Crippen molar-refractivity contribution in [1.29, 1.82) is 0 Å². The standard InChI is InChI=1S/C16H17NO6S/c1-21-12-6-4-11(5-7-12)16(18)17-24(19,20)13-8-9-14(22-2)15(10-13)23-3/h4-10H,1-3H3,(H,17,18). The quantitative estimate of drug-likeness (QED) is 0.854. The van der Waals surface area contributed by atoms with E-state index in [1.807, 2.05) is 4.72 Å². The van der Waals surface area contributed by atoms with Gasteiger partial charge in [-0.25, -0.2) is 13.1 Å². The van der Waals surface area contributed by atoms with Crippen LogP contribution in [0.1, 0.15) is 10.4 Å². The molecule has 0 unspecified atom stereocenters. The van der Waals surface area contributed by atoms with Gasteiger partial charge in [-0.3, -0.25) is 4.79 Å². The van der Waals surface area contributed by atoms with Gasteiger partial charge in [0.05, 0.1) is 26.2 Å². The van der Waals surface area contributed by atoms with Gasteiger partial charge < -0.3 is 14.2 Å². The predicted octanol–water partition coefficient (Wildman–Crippen LogP) is 1.83. The second-order valence-electron chi connectivity index (χ2n) is 4.68. The van der Waals surface area contributed by atoms with Gasteiger partial charge in [0.15, 0.2) is 11.5 Å². The van der Waals surface area contributed by atoms with Gasteiger partial charge >= 0.3 is 0 Å². The lowest BCUT2D eigenvalue weighted by Gasteiger charge is -2.11. The van der Waals surface area contributed by atoms with E-state index in [-0.39, 0.29) is 16.2 Å². The summed E-state index contributed by atoms with van der Waals surface area (Å²) in [5, 5.41) is 0. The largest absolute Gasteiger partial charge is 0.497 e. The molecule has 1 amide bonds. The van der Waals surface area contributed by atoms with E-state index in [4.69, 9.17) is 14.2 Å². The van der Waals surface area contributed by atoms with Gasteiger partial charge in [-0.15, -0.1) is 0 Å². The monoisotopic (exact) mass is 351 g/mol. The molecule has 0 fully saturated rings. The molecule has 7 nitrogen and oxygen atoms in total. The van der Waals surface area contributed by atoms with E-state index < -0.39 is 15.9 Å². The van der Waals surface area contributed by atoms with Crippen molar-refractivity contribution < 1.29 is 27.4 Å². The maximum Gasteiger partial charge on any atom is 0.265 e. The van der Waals surface area contributed by atoms with Crippen LogP contribution in [0, 0.1) is 0 Å². The normalized spacial score (nSPS) is 10.8. The van der Waals surface area contributed by atoms with E-state index in [1.54, 1.807) is 12.1 Å².